The van der Waals surface area contributed by atoms with Gasteiger partial charge in [0, 0.05) is 37.8 Å². The number of halogens is 1. The van der Waals surface area contributed by atoms with Crippen LogP contribution in [0, 0.1) is 5.82 Å². The molecular weight excluding hydrogens is 383 g/mol. The number of nitrogens with zero attached hydrogens (tertiary/aromatic N) is 3. The number of aliphatic imine (C=N–C) groups is 1. The van der Waals surface area contributed by atoms with E-state index in [1.807, 2.05) is 5.01 Å². The van der Waals surface area contributed by atoms with Crippen molar-refractivity contribution < 1.29 is 18.7 Å². The molecule has 28 heavy (non-hydrogen) atoms. The number of carbonyl (C=O) groups is 2. The van der Waals surface area contributed by atoms with Crippen molar-refractivity contribution in [1.29, 1.82) is 0 Å². The van der Waals surface area contributed by atoms with Crippen molar-refractivity contribution in [1.82, 2.24) is 15.3 Å². The lowest BCUT2D eigenvalue weighted by Crippen LogP contribution is -2.45. The van der Waals surface area contributed by atoms with E-state index in [0.717, 1.165) is 38.8 Å². The Bertz CT molecular complexity index is 846. The summed E-state index contributed by atoms with van der Waals surface area (Å²) in [5, 5.41) is 2.49. The van der Waals surface area contributed by atoms with Gasteiger partial charge in [0.15, 0.2) is 5.17 Å². The predicted octanol–water partition coefficient (Wildman–Crippen LogP) is 2.99. The molecule has 2 amide bonds. The Kier molecular flexibility index (Phi) is 5.63. The summed E-state index contributed by atoms with van der Waals surface area (Å²) in [5.74, 6) is -0.762. The average Bonchev–Trinajstić information content (AvgIpc) is 3.35. The molecule has 1 aromatic rings. The number of hydrogen-bond acceptors (Lipinski definition) is 6. The molecule has 148 valence electrons. The van der Waals surface area contributed by atoms with E-state index >= 15 is 0 Å². The third-order valence-electron chi connectivity index (χ3n) is 4.78. The molecule has 2 fully saturated rings. The molecular formula is C19H21FN4O3S. The summed E-state index contributed by atoms with van der Waals surface area (Å²) < 4.78 is 19.2. The molecule has 0 unspecified atom stereocenters. The zero-order valence-electron chi connectivity index (χ0n) is 15.3. The fraction of sp³-hybridized carbons (Fsp3) is 0.421. The van der Waals surface area contributed by atoms with E-state index in [2.05, 4.69) is 10.4 Å². The number of likely N-dealkylation sites (tertiary alicyclic amines) is 1. The average molecular weight is 404 g/mol. The maximum Gasteiger partial charge on any atom is 0.415 e. The minimum absolute atomic E-state index is 0.0994. The lowest BCUT2D eigenvalue weighted by Gasteiger charge is -2.28. The SMILES string of the molecule is O=C1N=C(N2CCCCN2)S/C1=C/c1ccc(F)cc1OC(=O)N1CCCC1. The summed E-state index contributed by atoms with van der Waals surface area (Å²) in [6.07, 6.45) is 5.10. The van der Waals surface area contributed by atoms with Gasteiger partial charge in [0.05, 0.1) is 4.91 Å². The largest absolute Gasteiger partial charge is 0.415 e. The van der Waals surface area contributed by atoms with E-state index in [9.17, 15) is 14.0 Å². The van der Waals surface area contributed by atoms with Crippen molar-refractivity contribution in [2.45, 2.75) is 25.7 Å². The van der Waals surface area contributed by atoms with Crippen molar-refractivity contribution in [3.8, 4) is 5.75 Å². The minimum Gasteiger partial charge on any atom is -0.409 e. The van der Waals surface area contributed by atoms with E-state index in [0.29, 0.717) is 28.7 Å². The molecule has 0 aliphatic carbocycles. The van der Waals surface area contributed by atoms with E-state index in [-0.39, 0.29) is 11.7 Å². The van der Waals surface area contributed by atoms with Gasteiger partial charge in [-0.2, -0.15) is 4.99 Å². The number of ether oxygens (including phenoxy) is 1. The van der Waals surface area contributed by atoms with Crippen LogP contribution in [-0.2, 0) is 4.79 Å². The van der Waals surface area contributed by atoms with Crippen molar-refractivity contribution in [2.24, 2.45) is 4.99 Å². The topological polar surface area (TPSA) is 74.2 Å². The summed E-state index contributed by atoms with van der Waals surface area (Å²) in [4.78, 5) is 30.7. The smallest absolute Gasteiger partial charge is 0.409 e. The second-order valence-electron chi connectivity index (χ2n) is 6.82. The van der Waals surface area contributed by atoms with Crippen molar-refractivity contribution in [3.05, 3.63) is 34.5 Å². The van der Waals surface area contributed by atoms with E-state index in [1.165, 1.54) is 30.0 Å². The van der Waals surface area contributed by atoms with Crippen LogP contribution < -0.4 is 10.2 Å². The number of nitrogens with one attached hydrogen (secondary N) is 1. The normalized spacial score (nSPS) is 21.4. The first kappa shape index (κ1) is 18.9. The first-order valence-corrected chi connectivity index (χ1v) is 10.2. The predicted molar refractivity (Wildman–Crippen MR) is 105 cm³/mol. The fourth-order valence-electron chi connectivity index (χ4n) is 3.28. The quantitative estimate of drug-likeness (QED) is 0.764. The summed E-state index contributed by atoms with van der Waals surface area (Å²) in [6, 6.07) is 3.94. The maximum atomic E-state index is 13.7. The lowest BCUT2D eigenvalue weighted by atomic mass is 10.2. The Hall–Kier alpha value is -2.39. The molecule has 3 aliphatic heterocycles. The summed E-state index contributed by atoms with van der Waals surface area (Å²) >= 11 is 1.26. The van der Waals surface area contributed by atoms with Gasteiger partial charge in [0.1, 0.15) is 11.6 Å². The van der Waals surface area contributed by atoms with Gasteiger partial charge < -0.3 is 9.64 Å². The molecule has 2 saturated heterocycles. The van der Waals surface area contributed by atoms with Crippen LogP contribution in [-0.4, -0.2) is 53.3 Å². The fourth-order valence-corrected chi connectivity index (χ4v) is 4.19. The molecule has 0 spiro atoms. The van der Waals surface area contributed by atoms with E-state index in [4.69, 9.17) is 4.74 Å². The second kappa shape index (κ2) is 8.32. The highest BCUT2D eigenvalue weighted by Crippen LogP contribution is 2.33. The maximum absolute atomic E-state index is 13.7. The van der Waals surface area contributed by atoms with Gasteiger partial charge in [0.25, 0.3) is 5.91 Å². The van der Waals surface area contributed by atoms with Crippen LogP contribution in [0.15, 0.2) is 28.1 Å². The highest BCUT2D eigenvalue weighted by atomic mass is 32.2. The molecule has 0 bridgehead atoms. The van der Waals surface area contributed by atoms with Crippen molar-refractivity contribution in [2.75, 3.05) is 26.2 Å². The Labute approximate surface area is 166 Å². The highest BCUT2D eigenvalue weighted by molar-refractivity contribution is 8.18. The van der Waals surface area contributed by atoms with Gasteiger partial charge >= 0.3 is 6.09 Å². The number of rotatable bonds is 2. The van der Waals surface area contributed by atoms with Crippen LogP contribution in [0.25, 0.3) is 6.08 Å². The molecule has 0 atom stereocenters. The first-order chi connectivity index (χ1) is 13.6. The van der Waals surface area contributed by atoms with Gasteiger partial charge in [-0.05, 0) is 55.7 Å². The minimum atomic E-state index is -0.508. The Morgan fingerprint density at radius 3 is 2.75 bits per heavy atom. The monoisotopic (exact) mass is 404 g/mol. The molecule has 1 aromatic carbocycles. The van der Waals surface area contributed by atoms with E-state index in [1.54, 1.807) is 11.0 Å². The molecule has 0 radical (unpaired) electrons. The number of benzene rings is 1. The highest BCUT2D eigenvalue weighted by Gasteiger charge is 2.28. The van der Waals surface area contributed by atoms with Crippen LogP contribution in [0.1, 0.15) is 31.2 Å². The van der Waals surface area contributed by atoms with Crippen LogP contribution in [0.5, 0.6) is 5.75 Å². The second-order valence-corrected chi connectivity index (χ2v) is 7.83. The number of hydrogen-bond donors (Lipinski definition) is 1. The van der Waals surface area contributed by atoms with Crippen LogP contribution in [0.2, 0.25) is 0 Å². The lowest BCUT2D eigenvalue weighted by molar-refractivity contribution is -0.113. The molecule has 3 aliphatic rings. The zero-order valence-corrected chi connectivity index (χ0v) is 16.1. The van der Waals surface area contributed by atoms with Gasteiger partial charge in [-0.15, -0.1) is 0 Å². The zero-order chi connectivity index (χ0) is 19.5. The van der Waals surface area contributed by atoms with Crippen molar-refractivity contribution in [3.63, 3.8) is 0 Å². The first-order valence-electron chi connectivity index (χ1n) is 9.40. The third kappa shape index (κ3) is 4.20. The Morgan fingerprint density at radius 2 is 2.00 bits per heavy atom. The summed E-state index contributed by atoms with van der Waals surface area (Å²) in [6.45, 7) is 2.92. The van der Waals surface area contributed by atoms with Gasteiger partial charge in [0.2, 0.25) is 0 Å². The Balaban J connectivity index is 1.52. The molecule has 7 nitrogen and oxygen atoms in total. The number of carbonyl (C=O) groups excluding carboxylic acids is 2. The van der Waals surface area contributed by atoms with Crippen LogP contribution in [0.4, 0.5) is 9.18 Å². The summed E-state index contributed by atoms with van der Waals surface area (Å²) in [5.41, 5.74) is 3.69. The van der Waals surface area contributed by atoms with Crippen molar-refractivity contribution >= 4 is 35.0 Å². The third-order valence-corrected chi connectivity index (χ3v) is 5.78. The standard InChI is InChI=1S/C19H21FN4O3S/c20-14-6-5-13(15(12-14)27-19(26)23-8-3-4-9-23)11-16-17(25)22-18(28-16)24-10-2-1-7-21-24/h5-6,11-12,21H,1-4,7-10H2/b16-11+. The summed E-state index contributed by atoms with van der Waals surface area (Å²) in [7, 11) is 0. The molecule has 3 heterocycles. The van der Waals surface area contributed by atoms with Gasteiger partial charge in [-0.1, -0.05) is 0 Å². The number of hydrazine groups is 1. The van der Waals surface area contributed by atoms with Crippen LogP contribution >= 0.6 is 11.8 Å². The number of amides is 2. The van der Waals surface area contributed by atoms with E-state index < -0.39 is 11.9 Å². The molecule has 0 aromatic heterocycles. The molecule has 1 N–H and O–H groups in total. The number of amidine groups is 1. The Morgan fingerprint density at radius 1 is 1.21 bits per heavy atom. The van der Waals surface area contributed by atoms with Crippen LogP contribution in [0.3, 0.4) is 0 Å². The van der Waals surface area contributed by atoms with Gasteiger partial charge in [-0.3, -0.25) is 9.80 Å². The molecule has 0 saturated carbocycles. The molecule has 9 heteroatoms. The van der Waals surface area contributed by atoms with Gasteiger partial charge in [-0.25, -0.2) is 14.6 Å². The number of thioether (sulfide) groups is 1. The molecule has 4 rings (SSSR count).